The fraction of sp³-hybridized carbons (Fsp3) is 0.391. The lowest BCUT2D eigenvalue weighted by Crippen LogP contribution is -2.71. The SMILES string of the molecule is CC(C)[C@@H](NC=O)c1n2ccsc2c[n+]1CC1=C(C(=O)O)N2C(=O)[C@@H](NC(=O)/C(=N\OCF)c3nsc(N)n3)[C@H]2SC1. The van der Waals surface area contributed by atoms with Gasteiger partial charge < -0.3 is 26.3 Å². The van der Waals surface area contributed by atoms with Crippen LogP contribution in [0.4, 0.5) is 9.52 Å². The molecule has 0 radical (unpaired) electrons. The van der Waals surface area contributed by atoms with Crippen molar-refractivity contribution in [3.05, 3.63) is 40.7 Å². The maximum atomic E-state index is 13.2. The Morgan fingerprint density at radius 1 is 1.43 bits per heavy atom. The first kappa shape index (κ1) is 29.4. The zero-order chi connectivity index (χ0) is 30.1. The summed E-state index contributed by atoms with van der Waals surface area (Å²) in [5.41, 5.74) is 5.41. The molecule has 3 amide bonds. The van der Waals surface area contributed by atoms with Crippen molar-refractivity contribution in [3.8, 4) is 0 Å². The Labute approximate surface area is 249 Å². The maximum absolute atomic E-state index is 13.2. The number of carboxylic acids is 1. The van der Waals surface area contributed by atoms with Crippen LogP contribution in [-0.4, -0.2) is 77.7 Å². The lowest BCUT2D eigenvalue weighted by Gasteiger charge is -2.49. The number of imidazole rings is 1. The highest BCUT2D eigenvalue weighted by atomic mass is 32.2. The first-order valence-electron chi connectivity index (χ1n) is 12.4. The second-order valence-electron chi connectivity index (χ2n) is 9.49. The molecule has 0 spiro atoms. The molecule has 5 heterocycles. The number of nitrogen functional groups attached to an aromatic ring is 1. The largest absolute Gasteiger partial charge is 0.477 e. The summed E-state index contributed by atoms with van der Waals surface area (Å²) in [7, 11) is 0. The van der Waals surface area contributed by atoms with E-state index in [0.717, 1.165) is 27.1 Å². The predicted octanol–water partition coefficient (Wildman–Crippen LogP) is 0.252. The molecule has 222 valence electrons. The van der Waals surface area contributed by atoms with Gasteiger partial charge in [0.05, 0.1) is 0 Å². The molecule has 0 aromatic carbocycles. The number of nitrogens with zero attached hydrogens (tertiary/aromatic N) is 6. The number of halogens is 1. The fourth-order valence-electron chi connectivity index (χ4n) is 4.83. The summed E-state index contributed by atoms with van der Waals surface area (Å²) in [6.45, 7) is 2.77. The van der Waals surface area contributed by atoms with E-state index in [-0.39, 0.29) is 40.9 Å². The van der Waals surface area contributed by atoms with Gasteiger partial charge in [-0.15, -0.1) is 11.8 Å². The van der Waals surface area contributed by atoms with Gasteiger partial charge in [-0.05, 0) is 5.92 Å². The average molecular weight is 639 g/mol. The van der Waals surface area contributed by atoms with Crippen LogP contribution in [0.3, 0.4) is 0 Å². The summed E-state index contributed by atoms with van der Waals surface area (Å²) in [4.78, 5) is 60.3. The summed E-state index contributed by atoms with van der Waals surface area (Å²) in [5, 5.41) is 20.2. The lowest BCUT2D eigenvalue weighted by atomic mass is 10.0. The normalized spacial score (nSPS) is 19.5. The number of thiazole rings is 1. The minimum atomic E-state index is -1.32. The Hall–Kier alpha value is -4.10. The number of amides is 3. The van der Waals surface area contributed by atoms with E-state index in [1.165, 1.54) is 23.1 Å². The molecule has 5 N–H and O–H groups in total. The molecule has 3 atom stereocenters. The number of nitrogens with one attached hydrogen (secondary N) is 2. The fourth-order valence-corrected chi connectivity index (χ4v) is 7.38. The minimum Gasteiger partial charge on any atom is -0.477 e. The molecule has 2 aliphatic heterocycles. The number of hydrogen-bond donors (Lipinski definition) is 4. The molecule has 19 heteroatoms. The van der Waals surface area contributed by atoms with Crippen LogP contribution < -0.4 is 20.9 Å². The number of fused-ring (bicyclic) bond motifs is 2. The van der Waals surface area contributed by atoms with Crippen molar-refractivity contribution in [2.24, 2.45) is 11.1 Å². The number of aromatic nitrogens is 4. The maximum Gasteiger partial charge on any atom is 0.352 e. The molecule has 2 aliphatic rings. The zero-order valence-corrected chi connectivity index (χ0v) is 24.5. The third-order valence-corrected chi connectivity index (χ3v) is 9.29. The highest BCUT2D eigenvalue weighted by molar-refractivity contribution is 8.00. The molecule has 3 aromatic heterocycles. The highest BCUT2D eigenvalue weighted by Gasteiger charge is 2.55. The Kier molecular flexibility index (Phi) is 8.41. The van der Waals surface area contributed by atoms with Crippen LogP contribution in [0.5, 0.6) is 0 Å². The first-order chi connectivity index (χ1) is 20.2. The van der Waals surface area contributed by atoms with Crippen molar-refractivity contribution in [2.45, 2.75) is 37.8 Å². The Morgan fingerprint density at radius 3 is 2.86 bits per heavy atom. The van der Waals surface area contributed by atoms with Gasteiger partial charge in [-0.3, -0.25) is 19.3 Å². The summed E-state index contributed by atoms with van der Waals surface area (Å²) in [5.74, 6) is -2.01. The number of alkyl halides is 1. The van der Waals surface area contributed by atoms with E-state index in [0.29, 0.717) is 12.0 Å². The van der Waals surface area contributed by atoms with Crippen LogP contribution in [0.2, 0.25) is 0 Å². The molecule has 0 saturated carbocycles. The minimum absolute atomic E-state index is 0.0264. The van der Waals surface area contributed by atoms with Crippen LogP contribution in [0.25, 0.3) is 4.83 Å². The summed E-state index contributed by atoms with van der Waals surface area (Å²) < 4.78 is 20.3. The van der Waals surface area contributed by atoms with Crippen molar-refractivity contribution in [3.63, 3.8) is 0 Å². The second kappa shape index (κ2) is 12.0. The van der Waals surface area contributed by atoms with Gasteiger partial charge in [0.25, 0.3) is 24.5 Å². The number of β-lactam (4-membered cyclic amide) rings is 1. The summed E-state index contributed by atoms with van der Waals surface area (Å²) in [6, 6.07) is -1.45. The van der Waals surface area contributed by atoms with Gasteiger partial charge in [-0.2, -0.15) is 13.8 Å². The van der Waals surface area contributed by atoms with Crippen LogP contribution in [0.15, 0.2) is 34.2 Å². The van der Waals surface area contributed by atoms with Crippen LogP contribution in [0.1, 0.15) is 31.5 Å². The molecule has 3 aromatic rings. The molecule has 42 heavy (non-hydrogen) atoms. The smallest absolute Gasteiger partial charge is 0.352 e. The van der Waals surface area contributed by atoms with Gasteiger partial charge in [-0.25, -0.2) is 13.8 Å². The molecule has 5 rings (SSSR count). The number of oxime groups is 1. The van der Waals surface area contributed by atoms with Gasteiger partial charge in [0.15, 0.2) is 5.13 Å². The molecule has 1 fully saturated rings. The van der Waals surface area contributed by atoms with Crippen molar-refractivity contribution in [1.29, 1.82) is 0 Å². The van der Waals surface area contributed by atoms with E-state index in [1.807, 2.05) is 40.6 Å². The third kappa shape index (κ3) is 5.29. The Balaban J connectivity index is 1.41. The van der Waals surface area contributed by atoms with Crippen molar-refractivity contribution in [1.82, 2.24) is 29.3 Å². The molecule has 0 unspecified atom stereocenters. The molecular formula is C23H25FN9O6S3+. The van der Waals surface area contributed by atoms with Crippen molar-refractivity contribution < 1.29 is 38.1 Å². The number of carbonyl (C=O) groups is 4. The van der Waals surface area contributed by atoms with Crippen molar-refractivity contribution in [2.75, 3.05) is 18.3 Å². The average Bonchev–Trinajstić information content (AvgIpc) is 3.67. The van der Waals surface area contributed by atoms with E-state index in [1.54, 1.807) is 0 Å². The molecular weight excluding hydrogens is 614 g/mol. The molecule has 1 saturated heterocycles. The topological polar surface area (TPSA) is 197 Å². The van der Waals surface area contributed by atoms with Crippen molar-refractivity contribution >= 4 is 74.5 Å². The summed E-state index contributed by atoms with van der Waals surface area (Å²) in [6.07, 6.45) is 4.39. The number of anilines is 1. The number of aliphatic carboxylic acids is 1. The number of carbonyl (C=O) groups excluding carboxylic acids is 3. The van der Waals surface area contributed by atoms with E-state index in [2.05, 4.69) is 30.0 Å². The van der Waals surface area contributed by atoms with Gasteiger partial charge in [0.1, 0.15) is 42.1 Å². The standard InChI is InChI=1S/C23H24FN9O6S3/c1-10(2)13(26-9-34)19-31(6-12-32(19)3-4-40-12)5-11-7-41-21-15(20(36)33(21)16(11)22(37)38)27-18(35)14(29-39-8-24)17-28-23(25)42-30-17/h3-4,6,9-10,13,15,21H,5,7-8H2,1-2H3,(H4-,25,26,27,28,30,34,35,37,38)/p+1/b29-14-/t13-,15-,21-/m1/s1. The van der Waals surface area contributed by atoms with Gasteiger partial charge in [0.2, 0.25) is 22.8 Å². The Morgan fingerprint density at radius 2 is 2.21 bits per heavy atom. The molecule has 0 bridgehead atoms. The van der Waals surface area contributed by atoms with E-state index >= 15 is 0 Å². The number of thioether (sulfide) groups is 1. The van der Waals surface area contributed by atoms with Crippen LogP contribution >= 0.6 is 34.6 Å². The summed E-state index contributed by atoms with van der Waals surface area (Å²) >= 11 is 3.56. The van der Waals surface area contributed by atoms with Crippen LogP contribution in [-0.2, 0) is 30.6 Å². The molecule has 0 aliphatic carbocycles. The number of nitrogens with two attached hydrogens (primary N) is 1. The quantitative estimate of drug-likeness (QED) is 0.0702. The highest BCUT2D eigenvalue weighted by Crippen LogP contribution is 2.40. The molecule has 15 nitrogen and oxygen atoms in total. The number of carboxylic acid groups (broad SMARTS) is 1. The third-order valence-electron chi connectivity index (χ3n) is 6.61. The first-order valence-corrected chi connectivity index (χ1v) is 15.1. The Bertz CT molecular complexity index is 1620. The van der Waals surface area contributed by atoms with E-state index in [4.69, 9.17) is 5.73 Å². The van der Waals surface area contributed by atoms with Gasteiger partial charge >= 0.3 is 5.97 Å². The predicted molar refractivity (Wildman–Crippen MR) is 150 cm³/mol. The lowest BCUT2D eigenvalue weighted by molar-refractivity contribution is -0.697. The number of rotatable bonds is 12. The van der Waals surface area contributed by atoms with Gasteiger partial charge in [0, 0.05) is 28.2 Å². The van der Waals surface area contributed by atoms with E-state index in [9.17, 15) is 28.7 Å². The van der Waals surface area contributed by atoms with Crippen LogP contribution in [0, 0.1) is 5.92 Å². The van der Waals surface area contributed by atoms with E-state index < -0.39 is 41.8 Å². The zero-order valence-electron chi connectivity index (χ0n) is 22.1. The van der Waals surface area contributed by atoms with Gasteiger partial charge in [-0.1, -0.05) is 30.3 Å². The number of hydrogen-bond acceptors (Lipinski definition) is 12. The second-order valence-corrected chi connectivity index (χ2v) is 12.3. The monoisotopic (exact) mass is 638 g/mol.